The molecule has 7 heteroatoms. The van der Waals surface area contributed by atoms with Gasteiger partial charge in [0.15, 0.2) is 0 Å². The van der Waals surface area contributed by atoms with E-state index in [1.54, 1.807) is 44.6 Å². The predicted molar refractivity (Wildman–Crippen MR) is 108 cm³/mol. The Balaban J connectivity index is 2.14. The average molecular weight is 388 g/mol. The van der Waals surface area contributed by atoms with Crippen LogP contribution in [0.2, 0.25) is 0 Å². The van der Waals surface area contributed by atoms with Gasteiger partial charge in [-0.2, -0.15) is 0 Å². The first-order chi connectivity index (χ1) is 12.9. The van der Waals surface area contributed by atoms with Crippen molar-refractivity contribution in [3.05, 3.63) is 48.0 Å². The first-order valence-electron chi connectivity index (χ1n) is 8.48. The molecule has 0 spiro atoms. The summed E-state index contributed by atoms with van der Waals surface area (Å²) < 4.78 is 10.5. The molecule has 0 aliphatic rings. The van der Waals surface area contributed by atoms with E-state index in [0.717, 1.165) is 4.90 Å². The van der Waals surface area contributed by atoms with E-state index in [0.29, 0.717) is 22.7 Å². The Labute approximate surface area is 163 Å². The Kier molecular flexibility index (Phi) is 7.55. The number of rotatable bonds is 8. The lowest BCUT2D eigenvalue weighted by atomic mass is 10.2. The van der Waals surface area contributed by atoms with Crippen LogP contribution < -0.4 is 20.1 Å². The van der Waals surface area contributed by atoms with E-state index in [2.05, 4.69) is 10.6 Å². The number of methoxy groups -OCH3 is 2. The van der Waals surface area contributed by atoms with Gasteiger partial charge in [0, 0.05) is 34.8 Å². The first-order valence-corrected chi connectivity index (χ1v) is 9.47. The normalized spacial score (nSPS) is 10.4. The minimum atomic E-state index is -0.266. The molecule has 2 N–H and O–H groups in total. The highest BCUT2D eigenvalue weighted by molar-refractivity contribution is 8.00. The van der Waals surface area contributed by atoms with Crippen LogP contribution in [0.5, 0.6) is 11.5 Å². The molecule has 0 heterocycles. The van der Waals surface area contributed by atoms with Gasteiger partial charge in [0.1, 0.15) is 11.5 Å². The van der Waals surface area contributed by atoms with Gasteiger partial charge in [-0.3, -0.25) is 9.59 Å². The van der Waals surface area contributed by atoms with E-state index >= 15 is 0 Å². The number of hydrogen-bond acceptors (Lipinski definition) is 5. The van der Waals surface area contributed by atoms with Gasteiger partial charge in [0.2, 0.25) is 5.91 Å². The van der Waals surface area contributed by atoms with Crippen molar-refractivity contribution in [2.75, 3.05) is 25.3 Å². The number of amides is 2. The van der Waals surface area contributed by atoms with Crippen molar-refractivity contribution in [2.24, 2.45) is 0 Å². The number of carbonyl (C=O) groups is 2. The summed E-state index contributed by atoms with van der Waals surface area (Å²) in [5, 5.41) is 5.69. The summed E-state index contributed by atoms with van der Waals surface area (Å²) in [5.41, 5.74) is 1.06. The fourth-order valence-electron chi connectivity index (χ4n) is 2.37. The maximum atomic E-state index is 12.7. The highest BCUT2D eigenvalue weighted by Gasteiger charge is 2.14. The monoisotopic (exact) mass is 388 g/mol. The number of thioether (sulfide) groups is 1. The van der Waals surface area contributed by atoms with Crippen LogP contribution in [0, 0.1) is 0 Å². The molecule has 144 valence electrons. The zero-order valence-electron chi connectivity index (χ0n) is 15.9. The van der Waals surface area contributed by atoms with Crippen molar-refractivity contribution in [3.8, 4) is 11.5 Å². The van der Waals surface area contributed by atoms with Gasteiger partial charge in [-0.25, -0.2) is 0 Å². The third-order valence-electron chi connectivity index (χ3n) is 3.55. The third-order valence-corrected chi connectivity index (χ3v) is 4.62. The molecule has 0 unspecified atom stereocenters. The van der Waals surface area contributed by atoms with Crippen molar-refractivity contribution in [2.45, 2.75) is 24.8 Å². The summed E-state index contributed by atoms with van der Waals surface area (Å²) >= 11 is 1.33. The van der Waals surface area contributed by atoms with Crippen LogP contribution in [-0.2, 0) is 4.79 Å². The second-order valence-electron chi connectivity index (χ2n) is 6.06. The topological polar surface area (TPSA) is 76.7 Å². The summed E-state index contributed by atoms with van der Waals surface area (Å²) in [7, 11) is 3.10. The number of nitrogens with one attached hydrogen (secondary N) is 2. The largest absolute Gasteiger partial charge is 0.497 e. The van der Waals surface area contributed by atoms with Gasteiger partial charge in [0.05, 0.1) is 25.5 Å². The van der Waals surface area contributed by atoms with Gasteiger partial charge in [-0.05, 0) is 26.0 Å². The Morgan fingerprint density at radius 1 is 1.04 bits per heavy atom. The molecule has 2 rings (SSSR count). The average Bonchev–Trinajstić information content (AvgIpc) is 2.65. The van der Waals surface area contributed by atoms with Crippen molar-refractivity contribution in [3.63, 3.8) is 0 Å². The second kappa shape index (κ2) is 9.87. The van der Waals surface area contributed by atoms with Gasteiger partial charge in [0.25, 0.3) is 5.91 Å². The molecule has 6 nitrogen and oxygen atoms in total. The minimum Gasteiger partial charge on any atom is -0.497 e. The summed E-state index contributed by atoms with van der Waals surface area (Å²) in [6.45, 7) is 3.82. The van der Waals surface area contributed by atoms with Crippen molar-refractivity contribution >= 4 is 29.3 Å². The zero-order chi connectivity index (χ0) is 19.8. The lowest BCUT2D eigenvalue weighted by molar-refractivity contribution is -0.119. The molecule has 0 aliphatic heterocycles. The van der Waals surface area contributed by atoms with Crippen molar-refractivity contribution in [1.82, 2.24) is 5.32 Å². The number of ether oxygens (including phenoxy) is 2. The molecule has 0 aromatic heterocycles. The Hall–Kier alpha value is -2.67. The standard InChI is InChI=1S/C20H24N2O4S/c1-13(2)21-19(23)12-27-18-8-6-5-7-17(18)20(24)22-14-9-15(25-3)11-16(10-14)26-4/h5-11,13H,12H2,1-4H3,(H,21,23)(H,22,24). The van der Waals surface area contributed by atoms with Crippen LogP contribution in [0.3, 0.4) is 0 Å². The Morgan fingerprint density at radius 2 is 1.67 bits per heavy atom. The molecule has 0 fully saturated rings. The van der Waals surface area contributed by atoms with Crippen molar-refractivity contribution < 1.29 is 19.1 Å². The number of benzene rings is 2. The van der Waals surface area contributed by atoms with Crippen LogP contribution in [0.1, 0.15) is 24.2 Å². The second-order valence-corrected chi connectivity index (χ2v) is 7.08. The SMILES string of the molecule is COc1cc(NC(=O)c2ccccc2SCC(=O)NC(C)C)cc(OC)c1. The van der Waals surface area contributed by atoms with Gasteiger partial charge in [-0.1, -0.05) is 12.1 Å². The predicted octanol–water partition coefficient (Wildman–Crippen LogP) is 3.57. The number of anilines is 1. The molecule has 2 amide bonds. The van der Waals surface area contributed by atoms with Gasteiger partial charge >= 0.3 is 0 Å². The summed E-state index contributed by atoms with van der Waals surface area (Å²) in [4.78, 5) is 25.4. The fraction of sp³-hybridized carbons (Fsp3) is 0.300. The molecule has 0 saturated carbocycles. The smallest absolute Gasteiger partial charge is 0.256 e. The van der Waals surface area contributed by atoms with Crippen LogP contribution >= 0.6 is 11.8 Å². The van der Waals surface area contributed by atoms with Crippen LogP contribution in [0.15, 0.2) is 47.4 Å². The summed E-state index contributed by atoms with van der Waals surface area (Å²) in [6.07, 6.45) is 0. The quantitative estimate of drug-likeness (QED) is 0.676. The third kappa shape index (κ3) is 6.21. The molecule has 0 radical (unpaired) electrons. The maximum absolute atomic E-state index is 12.7. The lowest BCUT2D eigenvalue weighted by Gasteiger charge is -2.12. The molecular weight excluding hydrogens is 364 g/mol. The zero-order valence-corrected chi connectivity index (χ0v) is 16.7. The van der Waals surface area contributed by atoms with Crippen LogP contribution in [0.25, 0.3) is 0 Å². The van der Waals surface area contributed by atoms with E-state index in [4.69, 9.17) is 9.47 Å². The maximum Gasteiger partial charge on any atom is 0.256 e. The highest BCUT2D eigenvalue weighted by atomic mass is 32.2. The van der Waals surface area contributed by atoms with Crippen molar-refractivity contribution in [1.29, 1.82) is 0 Å². The summed E-state index contributed by atoms with van der Waals surface area (Å²) in [5.74, 6) is 1.07. The van der Waals surface area contributed by atoms with E-state index in [1.807, 2.05) is 26.0 Å². The molecular formula is C20H24N2O4S. The van der Waals surface area contributed by atoms with Gasteiger partial charge < -0.3 is 20.1 Å². The molecule has 0 atom stereocenters. The van der Waals surface area contributed by atoms with E-state index in [9.17, 15) is 9.59 Å². The Bertz CT molecular complexity index is 786. The van der Waals surface area contributed by atoms with E-state index < -0.39 is 0 Å². The van der Waals surface area contributed by atoms with Gasteiger partial charge in [-0.15, -0.1) is 11.8 Å². The summed E-state index contributed by atoms with van der Waals surface area (Å²) in [6, 6.07) is 12.4. The first kappa shape index (κ1) is 20.6. The van der Waals surface area contributed by atoms with E-state index in [1.165, 1.54) is 11.8 Å². The van der Waals surface area contributed by atoms with Crippen LogP contribution in [-0.4, -0.2) is 37.8 Å². The molecule has 0 saturated heterocycles. The van der Waals surface area contributed by atoms with E-state index in [-0.39, 0.29) is 23.6 Å². The molecule has 0 bridgehead atoms. The minimum absolute atomic E-state index is 0.0669. The Morgan fingerprint density at radius 3 is 2.26 bits per heavy atom. The lowest BCUT2D eigenvalue weighted by Crippen LogP contribution is -2.31. The molecule has 2 aromatic carbocycles. The fourth-order valence-corrected chi connectivity index (χ4v) is 3.23. The van der Waals surface area contributed by atoms with Crippen LogP contribution in [0.4, 0.5) is 5.69 Å². The molecule has 0 aliphatic carbocycles. The highest BCUT2D eigenvalue weighted by Crippen LogP contribution is 2.28. The molecule has 27 heavy (non-hydrogen) atoms. The molecule has 2 aromatic rings. The number of carbonyl (C=O) groups excluding carboxylic acids is 2. The number of hydrogen-bond donors (Lipinski definition) is 2.